The largest absolute Gasteiger partial charge is 0.564 e. The van der Waals surface area contributed by atoms with Gasteiger partial charge in [0.05, 0.1) is 42.3 Å². The van der Waals surface area contributed by atoms with E-state index in [-0.39, 0.29) is 4.65 Å². The Balaban J connectivity index is 5.25. The monoisotopic (exact) mass is 334 g/mol. The van der Waals surface area contributed by atoms with Gasteiger partial charge in [0.1, 0.15) is 34.8 Å². The molecule has 7 heteroatoms. The van der Waals surface area contributed by atoms with E-state index in [9.17, 15) is 9.90 Å². The van der Waals surface area contributed by atoms with Crippen LogP contribution in [-0.4, -0.2) is 118 Å². The number of quaternary nitrogens is 3. The Hall–Kier alpha value is -1.02. The highest BCUT2D eigenvalue weighted by Gasteiger charge is 2.49. The van der Waals surface area contributed by atoms with Crippen LogP contribution in [0.15, 0.2) is 0 Å². The van der Waals surface area contributed by atoms with Gasteiger partial charge in [-0.05, 0) is 0 Å². The third-order valence-corrected chi connectivity index (χ3v) is 4.43. The van der Waals surface area contributed by atoms with Gasteiger partial charge in [0.15, 0.2) is 5.54 Å². The Bertz CT molecular complexity index is 469. The van der Waals surface area contributed by atoms with E-state index in [4.69, 9.17) is 4.84 Å². The van der Waals surface area contributed by atoms with Crippen molar-refractivity contribution in [3.05, 3.63) is 0 Å². The lowest BCUT2D eigenvalue weighted by Crippen LogP contribution is -2.63. The lowest BCUT2D eigenvalue weighted by atomic mass is 9.95. The van der Waals surface area contributed by atoms with Crippen LogP contribution < -0.4 is 0 Å². The van der Waals surface area contributed by atoms with Crippen molar-refractivity contribution in [3.8, 4) is 0 Å². The topological polar surface area (TPSA) is 49.5 Å². The maximum atomic E-state index is 11.7. The Morgan fingerprint density at radius 3 is 1.74 bits per heavy atom. The predicted molar refractivity (Wildman–Crippen MR) is 91.9 cm³/mol. The Morgan fingerprint density at radius 2 is 1.48 bits per heavy atom. The molecule has 0 aromatic heterocycles. The van der Waals surface area contributed by atoms with Crippen LogP contribution in [0.3, 0.4) is 0 Å². The van der Waals surface area contributed by atoms with Crippen molar-refractivity contribution >= 4 is 11.9 Å². The summed E-state index contributed by atoms with van der Waals surface area (Å²) in [6, 6.07) is 0. The molecule has 1 unspecified atom stereocenters. The summed E-state index contributed by atoms with van der Waals surface area (Å²) in [6.45, 7) is 2.14. The van der Waals surface area contributed by atoms with Crippen molar-refractivity contribution in [2.75, 3.05) is 77.1 Å². The van der Waals surface area contributed by atoms with Gasteiger partial charge in [-0.15, -0.1) is 4.58 Å². The fraction of sp³-hybridized carbons (Fsp3) is 0.875. The molecule has 0 aromatic rings. The molecule has 0 amide bonds. The molecule has 0 aliphatic carbocycles. The molecular formula is C16H38N4O3+4. The van der Waals surface area contributed by atoms with Crippen LogP contribution in [-0.2, 0) is 9.63 Å². The van der Waals surface area contributed by atoms with E-state index in [2.05, 4.69) is 25.7 Å². The number of hydrogen-bond donors (Lipinski definition) is 1. The van der Waals surface area contributed by atoms with Gasteiger partial charge >= 0.3 is 11.9 Å². The molecule has 0 saturated heterocycles. The first-order chi connectivity index (χ1) is 9.97. The third-order valence-electron chi connectivity index (χ3n) is 4.43. The molecule has 0 heterocycles. The molecule has 0 aromatic carbocycles. The molecule has 0 bridgehead atoms. The van der Waals surface area contributed by atoms with E-state index in [0.29, 0.717) is 22.0 Å². The van der Waals surface area contributed by atoms with E-state index in [1.54, 1.807) is 6.92 Å². The molecule has 0 fully saturated rings. The molecule has 0 aliphatic heterocycles. The first-order valence-electron chi connectivity index (χ1n) is 7.87. The van der Waals surface area contributed by atoms with Crippen molar-refractivity contribution in [1.82, 2.24) is 0 Å². The van der Waals surface area contributed by atoms with E-state index in [0.717, 1.165) is 5.96 Å². The van der Waals surface area contributed by atoms with Crippen molar-refractivity contribution in [1.29, 1.82) is 0 Å². The number of carbonyl (C=O) groups is 1. The maximum absolute atomic E-state index is 11.7. The summed E-state index contributed by atoms with van der Waals surface area (Å²) >= 11 is 0. The average molecular weight is 335 g/mol. The molecule has 7 nitrogen and oxygen atoms in total. The van der Waals surface area contributed by atoms with E-state index in [1.165, 1.54) is 0 Å². The van der Waals surface area contributed by atoms with Crippen LogP contribution in [0, 0.1) is 0 Å². The number of hydrogen-bond acceptors (Lipinski definition) is 2. The van der Waals surface area contributed by atoms with Gasteiger partial charge < -0.3 is 9.59 Å². The van der Waals surface area contributed by atoms with E-state index < -0.39 is 11.5 Å². The first kappa shape index (κ1) is 22.0. The summed E-state index contributed by atoms with van der Waals surface area (Å²) in [5, 5.41) is 9.63. The number of carboxylic acids is 1. The number of nitrogens with zero attached hydrogens (tertiary/aromatic N) is 4. The van der Waals surface area contributed by atoms with Crippen molar-refractivity contribution in [2.24, 2.45) is 0 Å². The zero-order valence-corrected chi connectivity index (χ0v) is 17.0. The van der Waals surface area contributed by atoms with Crippen LogP contribution in [0.25, 0.3) is 0 Å². The molecular weight excluding hydrogens is 296 g/mol. The molecule has 1 N–H and O–H groups in total. The second kappa shape index (κ2) is 6.84. The van der Waals surface area contributed by atoms with Crippen LogP contribution in [0.5, 0.6) is 0 Å². The first-order valence-corrected chi connectivity index (χ1v) is 7.87. The summed E-state index contributed by atoms with van der Waals surface area (Å²) in [7, 11) is 19.9. The molecule has 0 rings (SSSR count). The van der Waals surface area contributed by atoms with Gasteiger partial charge in [-0.2, -0.15) is 9.32 Å². The second-order valence-electron chi connectivity index (χ2n) is 8.73. The second-order valence-corrected chi connectivity index (χ2v) is 8.73. The number of carboxylic acid groups (broad SMARTS) is 1. The molecule has 0 spiro atoms. The fourth-order valence-corrected chi connectivity index (χ4v) is 3.06. The lowest BCUT2D eigenvalue weighted by molar-refractivity contribution is -1.07. The summed E-state index contributed by atoms with van der Waals surface area (Å²) in [5.74, 6) is 0.259. The summed E-state index contributed by atoms with van der Waals surface area (Å²) in [5.41, 5.74) is -0.894. The summed E-state index contributed by atoms with van der Waals surface area (Å²) in [6.07, 6.45) is 0.436. The van der Waals surface area contributed by atoms with E-state index in [1.807, 2.05) is 49.3 Å². The smallest absolute Gasteiger partial charge is 0.477 e. The Labute approximate surface area is 141 Å². The molecule has 0 radical (unpaired) electrons. The molecule has 23 heavy (non-hydrogen) atoms. The minimum atomic E-state index is -0.894. The standard InChI is InChI=1S/C16H37N4O3/c1-16(14(21)22,19(7,8)9)12-13-23-20(10,11)15(17(2)3)18(4,5)6/h12-13H2,1-11H3/q+3/p+1. The number of rotatable bonds is 6. The van der Waals surface area contributed by atoms with Crippen molar-refractivity contribution in [3.63, 3.8) is 0 Å². The predicted octanol–water partition coefficient (Wildman–Crippen LogP) is 0.268. The zero-order valence-electron chi connectivity index (χ0n) is 17.0. The van der Waals surface area contributed by atoms with Gasteiger partial charge in [0, 0.05) is 13.3 Å². The van der Waals surface area contributed by atoms with Crippen molar-refractivity contribution < 1.29 is 32.9 Å². The number of aliphatic carboxylic acids is 1. The SMILES string of the molecule is C[N+](C)=C([N+](C)(C)C)[N+](C)(C)OCCC(C)(C(=O)O)[N+](C)(C)C. The highest BCUT2D eigenvalue weighted by atomic mass is 16.7. The third kappa shape index (κ3) is 5.24. The molecule has 0 aliphatic rings. The highest BCUT2D eigenvalue weighted by molar-refractivity contribution is 5.76. The van der Waals surface area contributed by atoms with Gasteiger partial charge in [-0.3, -0.25) is 0 Å². The van der Waals surface area contributed by atoms with Gasteiger partial charge in [-0.25, -0.2) is 4.79 Å². The van der Waals surface area contributed by atoms with Crippen LogP contribution in [0.1, 0.15) is 13.3 Å². The normalized spacial score (nSPS) is 16.0. The number of hydroxylamine groups is 3. The Kier molecular flexibility index (Phi) is 6.54. The minimum absolute atomic E-state index is 0.253. The summed E-state index contributed by atoms with van der Waals surface area (Å²) in [4.78, 5) is 17.8. The van der Waals surface area contributed by atoms with Crippen LogP contribution in [0.4, 0.5) is 0 Å². The van der Waals surface area contributed by atoms with Crippen molar-refractivity contribution in [2.45, 2.75) is 18.9 Å². The summed E-state index contributed by atoms with van der Waals surface area (Å²) < 4.78 is 3.28. The molecule has 0 saturated carbocycles. The number of likely N-dealkylation sites (N-methyl/N-ethyl adjacent to an activating group) is 1. The quantitative estimate of drug-likeness (QED) is 0.249. The molecule has 1 atom stereocenters. The van der Waals surface area contributed by atoms with Gasteiger partial charge in [-0.1, -0.05) is 4.65 Å². The highest BCUT2D eigenvalue weighted by Crippen LogP contribution is 2.24. The zero-order chi connectivity index (χ0) is 18.9. The average Bonchev–Trinajstić information content (AvgIpc) is 2.22. The maximum Gasteiger partial charge on any atom is 0.564 e. The molecule has 136 valence electrons. The van der Waals surface area contributed by atoms with Gasteiger partial charge in [0.25, 0.3) is 0 Å². The minimum Gasteiger partial charge on any atom is -0.477 e. The lowest BCUT2D eigenvalue weighted by Gasteiger charge is -2.40. The van der Waals surface area contributed by atoms with E-state index >= 15 is 0 Å². The van der Waals surface area contributed by atoms with Crippen LogP contribution in [0.2, 0.25) is 0 Å². The fourth-order valence-electron chi connectivity index (χ4n) is 3.06. The van der Waals surface area contributed by atoms with Crippen LogP contribution >= 0.6 is 0 Å². The van der Waals surface area contributed by atoms with Gasteiger partial charge in [0.2, 0.25) is 0 Å². The Morgan fingerprint density at radius 1 is 1.04 bits per heavy atom. The number of guanidine groups is 1.